The number of hydrogen-bond donors (Lipinski definition) is 2. The largest absolute Gasteiger partial charge is 0.387 e. The lowest BCUT2D eigenvalue weighted by molar-refractivity contribution is 0.354. The zero-order valence-corrected chi connectivity index (χ0v) is 11.4. The third-order valence-corrected chi connectivity index (χ3v) is 3.45. The molecular formula is C13H27N3. The molecule has 1 aliphatic rings. The molecule has 3 N–H and O–H groups in total. The summed E-state index contributed by atoms with van der Waals surface area (Å²) < 4.78 is 0. The van der Waals surface area contributed by atoms with Crippen molar-refractivity contribution in [3.63, 3.8) is 0 Å². The third-order valence-electron chi connectivity index (χ3n) is 3.45. The summed E-state index contributed by atoms with van der Waals surface area (Å²) in [7, 11) is 0. The topological polar surface area (TPSA) is 50.4 Å². The summed E-state index contributed by atoms with van der Waals surface area (Å²) in [5, 5.41) is 3.54. The van der Waals surface area contributed by atoms with E-state index in [9.17, 15) is 0 Å². The molecule has 0 aromatic rings. The molecule has 16 heavy (non-hydrogen) atoms. The molecule has 1 saturated carbocycles. The normalized spacial score (nSPS) is 32.1. The molecule has 3 heteroatoms. The van der Waals surface area contributed by atoms with Crippen molar-refractivity contribution in [3.05, 3.63) is 0 Å². The van der Waals surface area contributed by atoms with E-state index in [4.69, 9.17) is 5.73 Å². The first-order chi connectivity index (χ1) is 7.29. The van der Waals surface area contributed by atoms with Crippen LogP contribution in [0.1, 0.15) is 53.9 Å². The molecule has 0 saturated heterocycles. The van der Waals surface area contributed by atoms with E-state index in [2.05, 4.69) is 44.9 Å². The van der Waals surface area contributed by atoms with Gasteiger partial charge in [-0.1, -0.05) is 20.3 Å². The van der Waals surface area contributed by atoms with Crippen molar-refractivity contribution >= 4 is 5.84 Å². The predicted molar refractivity (Wildman–Crippen MR) is 70.8 cm³/mol. The smallest absolute Gasteiger partial charge is 0.102 e. The van der Waals surface area contributed by atoms with Gasteiger partial charge in [-0.3, -0.25) is 4.99 Å². The van der Waals surface area contributed by atoms with Gasteiger partial charge in [-0.2, -0.15) is 0 Å². The fourth-order valence-electron chi connectivity index (χ4n) is 2.54. The van der Waals surface area contributed by atoms with Gasteiger partial charge in [-0.15, -0.1) is 0 Å². The van der Waals surface area contributed by atoms with Crippen LogP contribution in [0.5, 0.6) is 0 Å². The maximum Gasteiger partial charge on any atom is 0.102 e. The molecule has 0 amide bonds. The van der Waals surface area contributed by atoms with E-state index in [1.165, 1.54) is 12.8 Å². The van der Waals surface area contributed by atoms with Crippen LogP contribution in [-0.2, 0) is 0 Å². The highest BCUT2D eigenvalue weighted by Crippen LogP contribution is 2.38. The van der Waals surface area contributed by atoms with Crippen molar-refractivity contribution in [3.8, 4) is 0 Å². The highest BCUT2D eigenvalue weighted by molar-refractivity contribution is 5.87. The van der Waals surface area contributed by atoms with Gasteiger partial charge in [0.25, 0.3) is 0 Å². The number of amidine groups is 1. The average molecular weight is 225 g/mol. The van der Waals surface area contributed by atoms with Gasteiger partial charge < -0.3 is 11.1 Å². The van der Waals surface area contributed by atoms with Gasteiger partial charge in [0, 0.05) is 11.5 Å². The van der Waals surface area contributed by atoms with Crippen LogP contribution in [0.15, 0.2) is 4.99 Å². The molecule has 0 radical (unpaired) electrons. The number of rotatable bonds is 3. The second-order valence-corrected chi connectivity index (χ2v) is 6.09. The Hall–Kier alpha value is -0.570. The fraction of sp³-hybridized carbons (Fsp3) is 0.923. The number of hydrogen-bond acceptors (Lipinski definition) is 2. The molecule has 0 heterocycles. The highest BCUT2D eigenvalue weighted by Gasteiger charge is 2.41. The summed E-state index contributed by atoms with van der Waals surface area (Å²) in [4.78, 5) is 4.65. The number of nitrogens with two attached hydrogens (primary N) is 1. The lowest BCUT2D eigenvalue weighted by atomic mass is 9.83. The Morgan fingerprint density at radius 2 is 2.12 bits per heavy atom. The van der Waals surface area contributed by atoms with Crippen LogP contribution in [-0.4, -0.2) is 24.0 Å². The molecular weight excluding hydrogens is 198 g/mol. The first-order valence-corrected chi connectivity index (χ1v) is 6.39. The molecule has 3 nitrogen and oxygen atoms in total. The summed E-state index contributed by atoms with van der Waals surface area (Å²) >= 11 is 0. The van der Waals surface area contributed by atoms with Crippen LogP contribution in [0.3, 0.4) is 0 Å². The van der Waals surface area contributed by atoms with Crippen molar-refractivity contribution in [1.29, 1.82) is 0 Å². The van der Waals surface area contributed by atoms with E-state index >= 15 is 0 Å². The minimum absolute atomic E-state index is 0.0449. The van der Waals surface area contributed by atoms with Crippen LogP contribution >= 0.6 is 0 Å². The van der Waals surface area contributed by atoms with Gasteiger partial charge in [0.1, 0.15) is 5.84 Å². The van der Waals surface area contributed by atoms with Gasteiger partial charge in [0.15, 0.2) is 0 Å². The number of nitrogens with one attached hydrogen (secondary N) is 1. The van der Waals surface area contributed by atoms with E-state index in [1.807, 2.05) is 0 Å². The first kappa shape index (κ1) is 13.5. The van der Waals surface area contributed by atoms with Crippen molar-refractivity contribution in [2.24, 2.45) is 16.1 Å². The minimum Gasteiger partial charge on any atom is -0.387 e. The lowest BCUT2D eigenvalue weighted by Crippen LogP contribution is -2.48. The zero-order valence-electron chi connectivity index (χ0n) is 11.4. The quantitative estimate of drug-likeness (QED) is 0.572. The molecule has 2 unspecified atom stereocenters. The van der Waals surface area contributed by atoms with Gasteiger partial charge >= 0.3 is 0 Å². The molecule has 0 aromatic heterocycles. The minimum atomic E-state index is -0.0769. The summed E-state index contributed by atoms with van der Waals surface area (Å²) in [5.41, 5.74) is 6.20. The van der Waals surface area contributed by atoms with E-state index in [-0.39, 0.29) is 11.0 Å². The van der Waals surface area contributed by atoms with Gasteiger partial charge in [0.05, 0.1) is 5.54 Å². The molecule has 94 valence electrons. The average Bonchev–Trinajstić information content (AvgIpc) is 2.47. The Bertz CT molecular complexity index is 265. The number of aliphatic imine (C=N–C) groups is 1. The molecule has 0 spiro atoms. The molecule has 2 atom stereocenters. The van der Waals surface area contributed by atoms with Crippen LogP contribution in [0.2, 0.25) is 0 Å². The monoisotopic (exact) mass is 225 g/mol. The summed E-state index contributed by atoms with van der Waals surface area (Å²) in [6, 6.07) is 0.489. The van der Waals surface area contributed by atoms with Crippen LogP contribution in [0, 0.1) is 5.41 Å². The molecule has 1 fully saturated rings. The fourth-order valence-corrected chi connectivity index (χ4v) is 2.54. The van der Waals surface area contributed by atoms with Gasteiger partial charge in [-0.25, -0.2) is 0 Å². The second kappa shape index (κ2) is 4.74. The Kier molecular flexibility index (Phi) is 4.00. The molecule has 0 bridgehead atoms. The maximum absolute atomic E-state index is 6.23. The predicted octanol–water partition coefficient (Wildman–Crippen LogP) is 2.31. The standard InChI is InChI=1S/C13H27N3/c1-6-15-10-8-7-9-13(10,5)11(14)16-12(2,3)4/h10,15H,6-9H2,1-5H3,(H2,14,16). The molecule has 0 aromatic carbocycles. The SMILES string of the molecule is CCNC1CCCC1(C)/C(N)=N\C(C)(C)C. The highest BCUT2D eigenvalue weighted by atomic mass is 15.0. The summed E-state index contributed by atoms with van der Waals surface area (Å²) in [6.07, 6.45) is 3.61. The Morgan fingerprint density at radius 3 is 2.62 bits per heavy atom. The van der Waals surface area contributed by atoms with Crippen LogP contribution in [0.25, 0.3) is 0 Å². The van der Waals surface area contributed by atoms with Gasteiger partial charge in [-0.05, 0) is 40.2 Å². The third kappa shape index (κ3) is 2.97. The van der Waals surface area contributed by atoms with E-state index in [0.29, 0.717) is 6.04 Å². The lowest BCUT2D eigenvalue weighted by Gasteiger charge is -2.33. The van der Waals surface area contributed by atoms with Gasteiger partial charge in [0.2, 0.25) is 0 Å². The van der Waals surface area contributed by atoms with Crippen molar-refractivity contribution in [1.82, 2.24) is 5.32 Å². The second-order valence-electron chi connectivity index (χ2n) is 6.09. The Morgan fingerprint density at radius 1 is 1.50 bits per heavy atom. The molecule has 0 aliphatic heterocycles. The van der Waals surface area contributed by atoms with Crippen LogP contribution < -0.4 is 11.1 Å². The molecule has 1 aliphatic carbocycles. The van der Waals surface area contributed by atoms with Crippen molar-refractivity contribution in [2.45, 2.75) is 65.5 Å². The number of nitrogens with zero attached hydrogens (tertiary/aromatic N) is 1. The Labute approximate surface area is 99.9 Å². The van der Waals surface area contributed by atoms with Crippen LogP contribution in [0.4, 0.5) is 0 Å². The first-order valence-electron chi connectivity index (χ1n) is 6.39. The zero-order chi connectivity index (χ0) is 12.4. The van der Waals surface area contributed by atoms with E-state index in [1.54, 1.807) is 0 Å². The summed E-state index contributed by atoms with van der Waals surface area (Å²) in [6.45, 7) is 11.7. The van der Waals surface area contributed by atoms with E-state index < -0.39 is 0 Å². The van der Waals surface area contributed by atoms with Crippen molar-refractivity contribution < 1.29 is 0 Å². The van der Waals surface area contributed by atoms with Crippen molar-refractivity contribution in [2.75, 3.05) is 6.54 Å². The maximum atomic E-state index is 6.23. The Balaban J connectivity index is 2.87. The summed E-state index contributed by atoms with van der Waals surface area (Å²) in [5.74, 6) is 0.823. The van der Waals surface area contributed by atoms with E-state index in [0.717, 1.165) is 18.8 Å². The molecule has 1 rings (SSSR count).